The van der Waals surface area contributed by atoms with Crippen molar-refractivity contribution in [2.75, 3.05) is 33.3 Å². The average molecular weight is 404 g/mol. The Kier molecular flexibility index (Phi) is 5.74. The molecule has 0 bridgehead atoms. The van der Waals surface area contributed by atoms with Crippen LogP contribution in [0.2, 0.25) is 0 Å². The third-order valence-corrected chi connectivity index (χ3v) is 6.44. The molecule has 2 N–H and O–H groups in total. The standard InChI is InChI=1S/C21H29FN4O3/c1-3-17-19(22)20(28)24-21(23-17)26-11-14-9-25(10-15(14)12-26)18(27)8-13-4-6-16(29-2)7-5-13/h4-7,14-15,17,19,21,23H,3,8-12H2,1-2H3,(H,24,28). The van der Waals surface area contributed by atoms with E-state index < -0.39 is 18.1 Å². The molecule has 29 heavy (non-hydrogen) atoms. The Morgan fingerprint density at radius 2 is 1.83 bits per heavy atom. The van der Waals surface area contributed by atoms with Gasteiger partial charge < -0.3 is 15.0 Å². The Bertz CT molecular complexity index is 745. The predicted molar refractivity (Wildman–Crippen MR) is 106 cm³/mol. The van der Waals surface area contributed by atoms with Crippen molar-refractivity contribution < 1.29 is 18.7 Å². The number of hydrogen-bond acceptors (Lipinski definition) is 5. The molecule has 4 rings (SSSR count). The van der Waals surface area contributed by atoms with Gasteiger partial charge in [0, 0.05) is 26.2 Å². The summed E-state index contributed by atoms with van der Waals surface area (Å²) in [5.74, 6) is 1.17. The van der Waals surface area contributed by atoms with E-state index in [2.05, 4.69) is 15.5 Å². The molecule has 0 aliphatic carbocycles. The molecule has 0 aromatic heterocycles. The van der Waals surface area contributed by atoms with E-state index in [0.717, 1.165) is 37.5 Å². The lowest BCUT2D eigenvalue weighted by Gasteiger charge is -2.38. The number of halogens is 1. The topological polar surface area (TPSA) is 73.9 Å². The summed E-state index contributed by atoms with van der Waals surface area (Å²) in [5.41, 5.74) is 0.981. The molecule has 158 valence electrons. The number of benzene rings is 1. The van der Waals surface area contributed by atoms with Crippen LogP contribution in [0.25, 0.3) is 0 Å². The molecule has 0 saturated carbocycles. The minimum Gasteiger partial charge on any atom is -0.497 e. The van der Waals surface area contributed by atoms with Crippen molar-refractivity contribution in [1.29, 1.82) is 0 Å². The highest BCUT2D eigenvalue weighted by Crippen LogP contribution is 2.32. The summed E-state index contributed by atoms with van der Waals surface area (Å²) < 4.78 is 19.1. The lowest BCUT2D eigenvalue weighted by molar-refractivity contribution is -0.133. The fourth-order valence-corrected chi connectivity index (χ4v) is 4.72. The maximum absolute atomic E-state index is 14.0. The molecular formula is C21H29FN4O3. The van der Waals surface area contributed by atoms with Crippen molar-refractivity contribution in [3.05, 3.63) is 29.8 Å². The molecule has 3 aliphatic rings. The van der Waals surface area contributed by atoms with Gasteiger partial charge in [0.15, 0.2) is 6.17 Å². The zero-order chi connectivity index (χ0) is 20.5. The van der Waals surface area contributed by atoms with Crippen molar-refractivity contribution in [1.82, 2.24) is 20.4 Å². The van der Waals surface area contributed by atoms with Crippen molar-refractivity contribution in [3.8, 4) is 5.75 Å². The maximum atomic E-state index is 14.0. The van der Waals surface area contributed by atoms with E-state index in [9.17, 15) is 14.0 Å². The smallest absolute Gasteiger partial charge is 0.258 e. The Morgan fingerprint density at radius 1 is 1.17 bits per heavy atom. The summed E-state index contributed by atoms with van der Waals surface area (Å²) in [6, 6.07) is 7.15. The van der Waals surface area contributed by atoms with Crippen LogP contribution in [0.4, 0.5) is 4.39 Å². The van der Waals surface area contributed by atoms with Crippen molar-refractivity contribution in [2.24, 2.45) is 11.8 Å². The molecular weight excluding hydrogens is 375 g/mol. The van der Waals surface area contributed by atoms with E-state index in [1.54, 1.807) is 7.11 Å². The molecule has 1 aromatic rings. The lowest BCUT2D eigenvalue weighted by atomic mass is 10.0. The highest BCUT2D eigenvalue weighted by atomic mass is 19.1. The van der Waals surface area contributed by atoms with Gasteiger partial charge in [0.1, 0.15) is 12.0 Å². The van der Waals surface area contributed by atoms with Gasteiger partial charge >= 0.3 is 0 Å². The van der Waals surface area contributed by atoms with Gasteiger partial charge in [0.25, 0.3) is 5.91 Å². The maximum Gasteiger partial charge on any atom is 0.258 e. The summed E-state index contributed by atoms with van der Waals surface area (Å²) in [6.45, 7) is 4.94. The van der Waals surface area contributed by atoms with E-state index in [4.69, 9.17) is 4.74 Å². The number of methoxy groups -OCH3 is 1. The molecule has 8 heteroatoms. The molecule has 5 atom stereocenters. The number of likely N-dealkylation sites (tertiary alicyclic amines) is 2. The van der Waals surface area contributed by atoms with Gasteiger partial charge in [0.2, 0.25) is 5.91 Å². The molecule has 0 spiro atoms. The zero-order valence-corrected chi connectivity index (χ0v) is 16.9. The number of rotatable bonds is 5. The predicted octanol–water partition coefficient (Wildman–Crippen LogP) is 0.748. The van der Waals surface area contributed by atoms with Crippen LogP contribution in [0.15, 0.2) is 24.3 Å². The first-order valence-corrected chi connectivity index (χ1v) is 10.3. The summed E-state index contributed by atoms with van der Waals surface area (Å²) in [4.78, 5) is 28.8. The Balaban J connectivity index is 1.30. The molecule has 7 nitrogen and oxygen atoms in total. The second kappa shape index (κ2) is 8.28. The fourth-order valence-electron chi connectivity index (χ4n) is 4.72. The van der Waals surface area contributed by atoms with Crippen molar-refractivity contribution >= 4 is 11.8 Å². The number of ether oxygens (including phenoxy) is 1. The molecule has 2 amide bonds. The minimum absolute atomic E-state index is 0.145. The van der Waals surface area contributed by atoms with Gasteiger partial charge in [-0.3, -0.25) is 19.8 Å². The van der Waals surface area contributed by atoms with E-state index in [1.807, 2.05) is 36.1 Å². The van der Waals surface area contributed by atoms with Crippen LogP contribution in [-0.4, -0.2) is 73.4 Å². The Hall–Kier alpha value is -2.19. The summed E-state index contributed by atoms with van der Waals surface area (Å²) in [6.07, 6.45) is -0.860. The van der Waals surface area contributed by atoms with Gasteiger partial charge in [-0.05, 0) is 36.0 Å². The largest absolute Gasteiger partial charge is 0.497 e. The van der Waals surface area contributed by atoms with E-state index in [0.29, 0.717) is 24.7 Å². The van der Waals surface area contributed by atoms with Gasteiger partial charge in [-0.2, -0.15) is 0 Å². The number of nitrogens with zero attached hydrogens (tertiary/aromatic N) is 2. The Labute approximate surface area is 170 Å². The van der Waals surface area contributed by atoms with E-state index in [1.165, 1.54) is 0 Å². The highest BCUT2D eigenvalue weighted by Gasteiger charge is 2.46. The first kappa shape index (κ1) is 20.1. The number of hydrogen-bond donors (Lipinski definition) is 2. The number of amides is 2. The van der Waals surface area contributed by atoms with E-state index >= 15 is 0 Å². The van der Waals surface area contributed by atoms with Gasteiger partial charge in [0.05, 0.1) is 19.6 Å². The summed E-state index contributed by atoms with van der Waals surface area (Å²) in [7, 11) is 1.62. The normalized spacial score (nSPS) is 32.2. The highest BCUT2D eigenvalue weighted by molar-refractivity contribution is 5.82. The van der Waals surface area contributed by atoms with Gasteiger partial charge in [-0.1, -0.05) is 19.1 Å². The monoisotopic (exact) mass is 404 g/mol. The number of fused-ring (bicyclic) bond motifs is 1. The third-order valence-electron chi connectivity index (χ3n) is 6.44. The third kappa shape index (κ3) is 4.09. The van der Waals surface area contributed by atoms with Crippen LogP contribution in [0, 0.1) is 11.8 Å². The first-order chi connectivity index (χ1) is 14.0. The molecule has 3 heterocycles. The molecule has 3 fully saturated rings. The van der Waals surface area contributed by atoms with Crippen LogP contribution in [0.1, 0.15) is 18.9 Å². The van der Waals surface area contributed by atoms with Gasteiger partial charge in [-0.25, -0.2) is 4.39 Å². The van der Waals surface area contributed by atoms with Crippen molar-refractivity contribution in [2.45, 2.75) is 38.3 Å². The zero-order valence-electron chi connectivity index (χ0n) is 16.9. The van der Waals surface area contributed by atoms with Crippen molar-refractivity contribution in [3.63, 3.8) is 0 Å². The molecule has 3 aliphatic heterocycles. The Morgan fingerprint density at radius 3 is 2.41 bits per heavy atom. The number of alkyl halides is 1. The van der Waals surface area contributed by atoms with Crippen LogP contribution >= 0.6 is 0 Å². The fraction of sp³-hybridized carbons (Fsp3) is 0.619. The van der Waals surface area contributed by atoms with Gasteiger partial charge in [-0.15, -0.1) is 0 Å². The lowest BCUT2D eigenvalue weighted by Crippen LogP contribution is -2.67. The molecule has 3 saturated heterocycles. The SMILES string of the molecule is CCC1NC(N2CC3CN(C(=O)Cc4ccc(OC)cc4)CC3C2)NC(=O)C1F. The minimum atomic E-state index is -1.50. The first-order valence-electron chi connectivity index (χ1n) is 10.3. The van der Waals surface area contributed by atoms with Crippen LogP contribution in [0.3, 0.4) is 0 Å². The second-order valence-corrected chi connectivity index (χ2v) is 8.29. The quantitative estimate of drug-likeness (QED) is 0.758. The number of carbonyl (C=O) groups excluding carboxylic acids is 2. The second-order valence-electron chi connectivity index (χ2n) is 8.29. The average Bonchev–Trinajstić information content (AvgIpc) is 3.30. The molecule has 5 unspecified atom stereocenters. The van der Waals surface area contributed by atoms with E-state index in [-0.39, 0.29) is 12.2 Å². The summed E-state index contributed by atoms with van der Waals surface area (Å²) >= 11 is 0. The van der Waals surface area contributed by atoms with Crippen LogP contribution in [-0.2, 0) is 16.0 Å². The van der Waals surface area contributed by atoms with Crippen LogP contribution in [0.5, 0.6) is 5.75 Å². The summed E-state index contributed by atoms with van der Waals surface area (Å²) in [5, 5.41) is 5.97. The molecule has 1 aromatic carbocycles. The number of nitrogens with one attached hydrogen (secondary N) is 2. The van der Waals surface area contributed by atoms with Crippen LogP contribution < -0.4 is 15.4 Å². The molecule has 0 radical (unpaired) electrons. The number of carbonyl (C=O) groups is 2.